The summed E-state index contributed by atoms with van der Waals surface area (Å²) in [5.74, 6) is 0.777. The van der Waals surface area contributed by atoms with Gasteiger partial charge in [0.25, 0.3) is 0 Å². The maximum Gasteiger partial charge on any atom is 0.0406 e. The van der Waals surface area contributed by atoms with Crippen LogP contribution in [0.3, 0.4) is 0 Å². The predicted molar refractivity (Wildman–Crippen MR) is 67.7 cm³/mol. The Hall–Kier alpha value is -1.27. The molecular formula is C15H12Cl. The molecule has 3 rings (SSSR count). The molecular weight excluding hydrogens is 216 g/mol. The maximum absolute atomic E-state index is 5.87. The minimum atomic E-state index is 0.777. The Morgan fingerprint density at radius 3 is 2.19 bits per heavy atom. The summed E-state index contributed by atoms with van der Waals surface area (Å²) in [5, 5.41) is 0.780. The van der Waals surface area contributed by atoms with Crippen LogP contribution in [-0.4, -0.2) is 0 Å². The van der Waals surface area contributed by atoms with Crippen LogP contribution in [0.4, 0.5) is 0 Å². The van der Waals surface area contributed by atoms with Gasteiger partial charge in [-0.1, -0.05) is 35.9 Å². The quantitative estimate of drug-likeness (QED) is 0.699. The fourth-order valence-corrected chi connectivity index (χ4v) is 2.03. The third kappa shape index (κ3) is 1.98. The summed E-state index contributed by atoms with van der Waals surface area (Å²) < 4.78 is 0. The molecule has 0 bridgehead atoms. The van der Waals surface area contributed by atoms with Crippen LogP contribution >= 0.6 is 11.6 Å². The van der Waals surface area contributed by atoms with Crippen molar-refractivity contribution in [1.82, 2.24) is 0 Å². The second kappa shape index (κ2) is 3.95. The average molecular weight is 228 g/mol. The van der Waals surface area contributed by atoms with Crippen molar-refractivity contribution in [2.75, 3.05) is 0 Å². The van der Waals surface area contributed by atoms with Gasteiger partial charge < -0.3 is 0 Å². The number of rotatable bonds is 2. The molecule has 0 atom stereocenters. The lowest BCUT2D eigenvalue weighted by atomic mass is 10.0. The van der Waals surface area contributed by atoms with Gasteiger partial charge in [0.15, 0.2) is 0 Å². The first-order chi connectivity index (χ1) is 7.83. The summed E-state index contributed by atoms with van der Waals surface area (Å²) in [7, 11) is 0. The highest BCUT2D eigenvalue weighted by atomic mass is 35.5. The molecule has 0 unspecified atom stereocenters. The molecule has 0 amide bonds. The Labute approximate surface area is 101 Å². The first-order valence-corrected chi connectivity index (χ1v) is 5.98. The lowest BCUT2D eigenvalue weighted by Gasteiger charge is -2.03. The van der Waals surface area contributed by atoms with Crippen LogP contribution in [0, 0.1) is 6.07 Å². The predicted octanol–water partition coefficient (Wildman–Crippen LogP) is 4.68. The van der Waals surface area contributed by atoms with Gasteiger partial charge in [-0.15, -0.1) is 0 Å². The summed E-state index contributed by atoms with van der Waals surface area (Å²) in [6.07, 6.45) is 2.66. The van der Waals surface area contributed by atoms with Crippen molar-refractivity contribution < 1.29 is 0 Å². The van der Waals surface area contributed by atoms with E-state index < -0.39 is 0 Å². The van der Waals surface area contributed by atoms with Crippen LogP contribution in [-0.2, 0) is 0 Å². The molecule has 0 aromatic heterocycles. The Kier molecular flexibility index (Phi) is 2.45. The molecule has 16 heavy (non-hydrogen) atoms. The van der Waals surface area contributed by atoms with Crippen molar-refractivity contribution in [1.29, 1.82) is 0 Å². The highest BCUT2D eigenvalue weighted by Gasteiger charge is 2.23. The van der Waals surface area contributed by atoms with Crippen LogP contribution in [0.2, 0.25) is 5.02 Å². The van der Waals surface area contributed by atoms with Gasteiger partial charge in [-0.05, 0) is 59.7 Å². The summed E-state index contributed by atoms with van der Waals surface area (Å²) >= 11 is 5.87. The van der Waals surface area contributed by atoms with Gasteiger partial charge in [0.1, 0.15) is 0 Å². The van der Waals surface area contributed by atoms with E-state index in [1.165, 1.54) is 29.5 Å². The van der Waals surface area contributed by atoms with Crippen molar-refractivity contribution in [3.8, 4) is 11.1 Å². The van der Waals surface area contributed by atoms with Crippen molar-refractivity contribution >= 4 is 11.6 Å². The molecule has 0 spiro atoms. The zero-order valence-corrected chi connectivity index (χ0v) is 9.67. The summed E-state index contributed by atoms with van der Waals surface area (Å²) in [5.41, 5.74) is 3.77. The standard InChI is InChI=1S/C15H12Cl/c16-15-9-7-14(8-10-15)13-5-3-12(4-6-13)11-1-2-11/h3,5-11H,1-2H2. The average Bonchev–Trinajstić information content (AvgIpc) is 3.14. The Morgan fingerprint density at radius 1 is 0.938 bits per heavy atom. The van der Waals surface area contributed by atoms with Crippen molar-refractivity contribution in [2.24, 2.45) is 0 Å². The fourth-order valence-electron chi connectivity index (χ4n) is 1.91. The first-order valence-electron chi connectivity index (χ1n) is 5.60. The summed E-state index contributed by atoms with van der Waals surface area (Å²) in [4.78, 5) is 0. The van der Waals surface area contributed by atoms with Crippen LogP contribution in [0.5, 0.6) is 0 Å². The fraction of sp³-hybridized carbons (Fsp3) is 0.200. The Balaban J connectivity index is 1.91. The molecule has 1 fully saturated rings. The minimum Gasteiger partial charge on any atom is -0.0843 e. The molecule has 1 heteroatoms. The number of benzene rings is 2. The van der Waals surface area contributed by atoms with Crippen LogP contribution in [0.15, 0.2) is 42.5 Å². The number of hydrogen-bond donors (Lipinski definition) is 0. The van der Waals surface area contributed by atoms with Gasteiger partial charge >= 0.3 is 0 Å². The highest BCUT2D eigenvalue weighted by Crippen LogP contribution is 2.40. The zero-order valence-electron chi connectivity index (χ0n) is 8.91. The second-order valence-electron chi connectivity index (χ2n) is 4.31. The molecule has 1 saturated carbocycles. The van der Waals surface area contributed by atoms with Gasteiger partial charge in [-0.2, -0.15) is 0 Å². The van der Waals surface area contributed by atoms with Gasteiger partial charge in [0.05, 0.1) is 0 Å². The molecule has 0 aliphatic heterocycles. The first kappa shape index (κ1) is 9.92. The molecule has 2 aromatic carbocycles. The molecule has 1 aliphatic rings. The van der Waals surface area contributed by atoms with Crippen molar-refractivity contribution in [3.05, 3.63) is 59.1 Å². The van der Waals surface area contributed by atoms with Crippen LogP contribution < -0.4 is 0 Å². The van der Waals surface area contributed by atoms with E-state index in [-0.39, 0.29) is 0 Å². The minimum absolute atomic E-state index is 0.777. The third-order valence-corrected chi connectivity index (χ3v) is 3.28. The lowest BCUT2D eigenvalue weighted by Crippen LogP contribution is -1.81. The zero-order chi connectivity index (χ0) is 11.0. The summed E-state index contributed by atoms with van der Waals surface area (Å²) in [6.45, 7) is 0. The normalized spacial score (nSPS) is 15.1. The Morgan fingerprint density at radius 2 is 1.62 bits per heavy atom. The van der Waals surface area contributed by atoms with E-state index in [1.54, 1.807) is 0 Å². The molecule has 79 valence electrons. The van der Waals surface area contributed by atoms with Gasteiger partial charge in [0, 0.05) is 5.02 Å². The topological polar surface area (TPSA) is 0 Å². The largest absolute Gasteiger partial charge is 0.0843 e. The highest BCUT2D eigenvalue weighted by molar-refractivity contribution is 6.30. The smallest absolute Gasteiger partial charge is 0.0406 e. The molecule has 0 heterocycles. The van der Waals surface area contributed by atoms with E-state index in [2.05, 4.69) is 24.3 Å². The van der Waals surface area contributed by atoms with E-state index in [0.717, 1.165) is 10.9 Å². The lowest BCUT2D eigenvalue weighted by molar-refractivity contribution is 1.13. The third-order valence-electron chi connectivity index (χ3n) is 3.03. The van der Waals surface area contributed by atoms with Gasteiger partial charge in [-0.25, -0.2) is 0 Å². The van der Waals surface area contributed by atoms with E-state index in [0.29, 0.717) is 0 Å². The molecule has 2 aromatic rings. The molecule has 0 saturated heterocycles. The SMILES string of the molecule is Clc1ccc(-c2c[c]c(C3CC3)cc2)cc1. The Bertz CT molecular complexity index is 478. The molecule has 1 radical (unpaired) electrons. The monoisotopic (exact) mass is 227 g/mol. The van der Waals surface area contributed by atoms with E-state index in [9.17, 15) is 0 Å². The van der Waals surface area contributed by atoms with E-state index in [4.69, 9.17) is 11.6 Å². The van der Waals surface area contributed by atoms with Crippen LogP contribution in [0.25, 0.3) is 11.1 Å². The molecule has 0 nitrogen and oxygen atoms in total. The van der Waals surface area contributed by atoms with Gasteiger partial charge in [-0.3, -0.25) is 0 Å². The molecule has 1 aliphatic carbocycles. The number of hydrogen-bond acceptors (Lipinski definition) is 0. The van der Waals surface area contributed by atoms with Gasteiger partial charge in [0.2, 0.25) is 0 Å². The molecule has 0 N–H and O–H groups in total. The van der Waals surface area contributed by atoms with Crippen molar-refractivity contribution in [3.63, 3.8) is 0 Å². The van der Waals surface area contributed by atoms with E-state index in [1.807, 2.05) is 24.3 Å². The van der Waals surface area contributed by atoms with Crippen molar-refractivity contribution in [2.45, 2.75) is 18.8 Å². The maximum atomic E-state index is 5.87. The second-order valence-corrected chi connectivity index (χ2v) is 4.75. The van der Waals surface area contributed by atoms with Crippen LogP contribution in [0.1, 0.15) is 24.3 Å². The number of halogens is 1. The summed E-state index contributed by atoms with van der Waals surface area (Å²) in [6, 6.07) is 17.8. The van der Waals surface area contributed by atoms with E-state index >= 15 is 0 Å².